The van der Waals surface area contributed by atoms with Crippen molar-refractivity contribution in [3.05, 3.63) is 52.6 Å². The number of carbonyl (C=O) groups excluding carboxylic acids is 1. The highest BCUT2D eigenvalue weighted by Crippen LogP contribution is 2.42. The molecular weight excluding hydrogens is 426 g/mol. The van der Waals surface area contributed by atoms with Crippen LogP contribution in [-0.4, -0.2) is 44.8 Å². The van der Waals surface area contributed by atoms with Crippen molar-refractivity contribution in [2.45, 2.75) is 26.2 Å². The van der Waals surface area contributed by atoms with Crippen LogP contribution >= 0.6 is 0 Å². The van der Waals surface area contributed by atoms with Gasteiger partial charge >= 0.3 is 0 Å². The van der Waals surface area contributed by atoms with Gasteiger partial charge in [-0.15, -0.1) is 0 Å². The minimum absolute atomic E-state index is 0.400. The van der Waals surface area contributed by atoms with Gasteiger partial charge in [0, 0.05) is 11.1 Å². The Labute approximate surface area is 192 Å². The number of nitrogens with one attached hydrogen (secondary N) is 1. The first-order chi connectivity index (χ1) is 16.0. The number of oxime groups is 1. The van der Waals surface area contributed by atoms with E-state index in [1.807, 2.05) is 30.3 Å². The molecule has 0 aliphatic heterocycles. The van der Waals surface area contributed by atoms with Gasteiger partial charge in [-0.05, 0) is 60.2 Å². The maximum atomic E-state index is 11.3. The second-order valence-corrected chi connectivity index (χ2v) is 7.38. The van der Waals surface area contributed by atoms with Crippen molar-refractivity contribution in [1.29, 1.82) is 0 Å². The second kappa shape index (κ2) is 10.7. The van der Waals surface area contributed by atoms with Gasteiger partial charge in [-0.25, -0.2) is 5.48 Å². The van der Waals surface area contributed by atoms with E-state index in [-0.39, 0.29) is 0 Å². The first kappa shape index (κ1) is 23.9. The van der Waals surface area contributed by atoms with Gasteiger partial charge in [-0.2, -0.15) is 0 Å². The summed E-state index contributed by atoms with van der Waals surface area (Å²) in [5.41, 5.74) is 13.5. The SMILES string of the molecule is CCc1c(OC)cc2c(c1OC)CC/C(=N\OCC(=O)NO)C=C2c1ccc(OC)c(N)c1. The third-order valence-electron chi connectivity index (χ3n) is 5.50. The Hall–Kier alpha value is -3.72. The van der Waals surface area contributed by atoms with E-state index in [0.29, 0.717) is 30.0 Å². The zero-order chi connectivity index (χ0) is 24.0. The van der Waals surface area contributed by atoms with Crippen LogP contribution in [0.5, 0.6) is 17.2 Å². The van der Waals surface area contributed by atoms with Crippen LogP contribution in [0.15, 0.2) is 35.5 Å². The number of methoxy groups -OCH3 is 3. The molecule has 0 heterocycles. The summed E-state index contributed by atoms with van der Waals surface area (Å²) in [6, 6.07) is 7.57. The van der Waals surface area contributed by atoms with Gasteiger partial charge in [0.05, 0.1) is 32.7 Å². The van der Waals surface area contributed by atoms with Gasteiger partial charge < -0.3 is 24.8 Å². The molecule has 9 heteroatoms. The number of rotatable bonds is 8. The van der Waals surface area contributed by atoms with E-state index >= 15 is 0 Å². The van der Waals surface area contributed by atoms with Crippen molar-refractivity contribution >= 4 is 22.9 Å². The number of benzene rings is 2. The minimum atomic E-state index is -0.692. The van der Waals surface area contributed by atoms with Crippen molar-refractivity contribution in [3.63, 3.8) is 0 Å². The fraction of sp³-hybridized carbons (Fsp3) is 0.333. The van der Waals surface area contributed by atoms with Crippen molar-refractivity contribution < 1.29 is 29.0 Å². The van der Waals surface area contributed by atoms with Gasteiger partial charge in [0.1, 0.15) is 17.2 Å². The van der Waals surface area contributed by atoms with E-state index in [1.165, 1.54) is 5.48 Å². The molecule has 9 nitrogen and oxygen atoms in total. The Kier molecular flexibility index (Phi) is 7.78. The standard InChI is InChI=1S/C24H29N3O6/c1-5-16-22(31-3)12-19-17(24(16)32-4)8-7-15(27-33-13-23(28)26-29)11-18(19)14-6-9-21(30-2)20(25)10-14/h6,9-12,29H,5,7-8,13,25H2,1-4H3,(H,26,28)/b27-15+. The summed E-state index contributed by atoms with van der Waals surface area (Å²) in [4.78, 5) is 16.4. The first-order valence-electron chi connectivity index (χ1n) is 10.5. The number of hydrogen-bond acceptors (Lipinski definition) is 8. The Balaban J connectivity index is 2.20. The summed E-state index contributed by atoms with van der Waals surface area (Å²) < 4.78 is 16.8. The molecule has 0 saturated carbocycles. The van der Waals surface area contributed by atoms with Crippen molar-refractivity contribution in [2.75, 3.05) is 33.7 Å². The smallest absolute Gasteiger partial charge is 0.284 e. The van der Waals surface area contributed by atoms with Gasteiger partial charge in [0.2, 0.25) is 0 Å². The maximum Gasteiger partial charge on any atom is 0.284 e. The molecule has 0 unspecified atom stereocenters. The molecule has 176 valence electrons. The fourth-order valence-corrected chi connectivity index (χ4v) is 3.96. The Morgan fingerprint density at radius 1 is 1.12 bits per heavy atom. The first-order valence-corrected chi connectivity index (χ1v) is 10.5. The summed E-state index contributed by atoms with van der Waals surface area (Å²) in [6.45, 7) is 1.65. The normalized spacial score (nSPS) is 14.1. The van der Waals surface area contributed by atoms with Crippen molar-refractivity contribution in [1.82, 2.24) is 5.48 Å². The molecule has 4 N–H and O–H groups in total. The van der Waals surface area contributed by atoms with Crippen LogP contribution in [0.1, 0.15) is 35.6 Å². The highest BCUT2D eigenvalue weighted by atomic mass is 16.6. The van der Waals surface area contributed by atoms with Crippen LogP contribution in [0, 0.1) is 0 Å². The van der Waals surface area contributed by atoms with E-state index in [2.05, 4.69) is 12.1 Å². The predicted molar refractivity (Wildman–Crippen MR) is 125 cm³/mol. The topological polar surface area (TPSA) is 125 Å². The number of amides is 1. The highest BCUT2D eigenvalue weighted by Gasteiger charge is 2.25. The lowest BCUT2D eigenvalue weighted by molar-refractivity contribution is -0.133. The van der Waals surface area contributed by atoms with E-state index < -0.39 is 12.5 Å². The Morgan fingerprint density at radius 3 is 2.48 bits per heavy atom. The molecule has 1 aliphatic carbocycles. The van der Waals surface area contributed by atoms with Crippen LogP contribution in [0.4, 0.5) is 5.69 Å². The maximum absolute atomic E-state index is 11.3. The van der Waals surface area contributed by atoms with Gasteiger partial charge in [-0.1, -0.05) is 18.1 Å². The molecule has 3 rings (SSSR count). The molecule has 0 saturated heterocycles. The number of carbonyl (C=O) groups is 1. The summed E-state index contributed by atoms with van der Waals surface area (Å²) in [5, 5.41) is 12.8. The summed E-state index contributed by atoms with van der Waals surface area (Å²) in [7, 11) is 4.86. The lowest BCUT2D eigenvalue weighted by atomic mass is 9.90. The monoisotopic (exact) mass is 455 g/mol. The molecule has 0 atom stereocenters. The third-order valence-corrected chi connectivity index (χ3v) is 5.50. The van der Waals surface area contributed by atoms with E-state index in [0.717, 1.165) is 45.7 Å². The average Bonchev–Trinajstić information content (AvgIpc) is 3.01. The van der Waals surface area contributed by atoms with Gasteiger partial charge in [0.25, 0.3) is 5.91 Å². The quantitative estimate of drug-likeness (QED) is 0.317. The molecule has 33 heavy (non-hydrogen) atoms. The molecule has 1 amide bonds. The van der Waals surface area contributed by atoms with Gasteiger partial charge in [-0.3, -0.25) is 10.0 Å². The number of nitrogens with zero attached hydrogens (tertiary/aromatic N) is 1. The van der Waals surface area contributed by atoms with E-state index in [9.17, 15) is 4.79 Å². The molecule has 2 aromatic rings. The predicted octanol–water partition coefficient (Wildman–Crippen LogP) is 3.11. The molecule has 0 fully saturated rings. The summed E-state index contributed by atoms with van der Waals surface area (Å²) in [6.07, 6.45) is 3.83. The number of nitrogens with two attached hydrogens (primary N) is 1. The third kappa shape index (κ3) is 5.04. The number of hydrogen-bond donors (Lipinski definition) is 3. The summed E-state index contributed by atoms with van der Waals surface area (Å²) in [5.74, 6) is 1.40. The lowest BCUT2D eigenvalue weighted by Crippen LogP contribution is -2.23. The largest absolute Gasteiger partial charge is 0.496 e. The number of ether oxygens (including phenoxy) is 3. The fourth-order valence-electron chi connectivity index (χ4n) is 3.96. The van der Waals surface area contributed by atoms with Crippen LogP contribution in [-0.2, 0) is 22.5 Å². The Morgan fingerprint density at radius 2 is 1.88 bits per heavy atom. The number of allylic oxidation sites excluding steroid dienone is 1. The molecule has 0 spiro atoms. The zero-order valence-corrected chi connectivity index (χ0v) is 19.2. The number of anilines is 1. The van der Waals surface area contributed by atoms with Crippen LogP contribution in [0.2, 0.25) is 0 Å². The second-order valence-electron chi connectivity index (χ2n) is 7.38. The number of nitrogen functional groups attached to an aromatic ring is 1. The molecule has 0 radical (unpaired) electrons. The van der Waals surface area contributed by atoms with Crippen LogP contribution < -0.4 is 25.4 Å². The van der Waals surface area contributed by atoms with Crippen molar-refractivity contribution in [2.24, 2.45) is 5.16 Å². The van der Waals surface area contributed by atoms with Crippen LogP contribution in [0.3, 0.4) is 0 Å². The average molecular weight is 456 g/mol. The molecule has 0 aromatic heterocycles. The lowest BCUT2D eigenvalue weighted by Gasteiger charge is -2.21. The molecule has 0 bridgehead atoms. The minimum Gasteiger partial charge on any atom is -0.496 e. The molecule has 1 aliphatic rings. The number of hydroxylamine groups is 1. The zero-order valence-electron chi connectivity index (χ0n) is 19.2. The molecule has 2 aromatic carbocycles. The van der Waals surface area contributed by atoms with Gasteiger partial charge in [0.15, 0.2) is 6.61 Å². The van der Waals surface area contributed by atoms with E-state index in [1.54, 1.807) is 21.3 Å². The van der Waals surface area contributed by atoms with Crippen molar-refractivity contribution in [3.8, 4) is 17.2 Å². The summed E-state index contributed by atoms with van der Waals surface area (Å²) >= 11 is 0. The Bertz CT molecular complexity index is 1090. The molecular formula is C24H29N3O6. The number of fused-ring (bicyclic) bond motifs is 1. The highest BCUT2D eigenvalue weighted by molar-refractivity contribution is 6.05. The van der Waals surface area contributed by atoms with E-state index in [4.69, 9.17) is 30.0 Å². The van der Waals surface area contributed by atoms with Crippen LogP contribution in [0.25, 0.3) is 5.57 Å².